The Kier molecular flexibility index (Phi) is 5.00. The van der Waals surface area contributed by atoms with Crippen molar-refractivity contribution in [2.75, 3.05) is 20.8 Å². The molecular weight excluding hydrogens is 232 g/mol. The summed E-state index contributed by atoms with van der Waals surface area (Å²) in [5.74, 6) is 0.374. The Hall–Kier alpha value is -2.22. The summed E-state index contributed by atoms with van der Waals surface area (Å²) in [4.78, 5) is 12.0. The van der Waals surface area contributed by atoms with Gasteiger partial charge in [0.15, 0.2) is 11.5 Å². The smallest absolute Gasteiger partial charge is 0.255 e. The summed E-state index contributed by atoms with van der Waals surface area (Å²) >= 11 is 0. The van der Waals surface area contributed by atoms with E-state index in [1.807, 2.05) is 0 Å². The Bertz CT molecular complexity index is 466. The van der Waals surface area contributed by atoms with Crippen LogP contribution in [0.3, 0.4) is 0 Å². The fourth-order valence-corrected chi connectivity index (χ4v) is 1.45. The van der Waals surface area contributed by atoms with Crippen molar-refractivity contribution in [2.24, 2.45) is 5.92 Å². The minimum atomic E-state index is -0.284. The van der Waals surface area contributed by atoms with Crippen molar-refractivity contribution < 1.29 is 14.3 Å². The van der Waals surface area contributed by atoms with Gasteiger partial charge in [0.25, 0.3) is 5.91 Å². The fraction of sp³-hybridized carbons (Fsp3) is 0.385. The lowest BCUT2D eigenvalue weighted by Crippen LogP contribution is -2.28. The Morgan fingerprint density at radius 2 is 2.17 bits per heavy atom. The summed E-state index contributed by atoms with van der Waals surface area (Å²) in [6, 6.07) is 7.13. The van der Waals surface area contributed by atoms with Crippen LogP contribution in [0, 0.1) is 17.2 Å². The van der Waals surface area contributed by atoms with Crippen LogP contribution in [0.1, 0.15) is 17.3 Å². The molecule has 0 radical (unpaired) electrons. The molecule has 1 amide bonds. The average molecular weight is 248 g/mol. The Balaban J connectivity index is 2.89. The van der Waals surface area contributed by atoms with Gasteiger partial charge in [0.2, 0.25) is 0 Å². The van der Waals surface area contributed by atoms with Gasteiger partial charge in [-0.05, 0) is 19.1 Å². The van der Waals surface area contributed by atoms with Crippen LogP contribution in [0.4, 0.5) is 0 Å². The predicted octanol–water partition coefficient (Wildman–Crippen LogP) is 1.59. The van der Waals surface area contributed by atoms with Crippen LogP contribution < -0.4 is 14.8 Å². The van der Waals surface area contributed by atoms with Gasteiger partial charge in [-0.1, -0.05) is 6.07 Å². The lowest BCUT2D eigenvalue weighted by molar-refractivity contribution is 0.0947. The molecule has 0 bridgehead atoms. The van der Waals surface area contributed by atoms with Gasteiger partial charge < -0.3 is 14.8 Å². The molecule has 96 valence electrons. The van der Waals surface area contributed by atoms with Crippen LogP contribution in [0.15, 0.2) is 18.2 Å². The molecule has 1 rings (SSSR count). The third-order valence-electron chi connectivity index (χ3n) is 2.44. The number of nitrogens with one attached hydrogen (secondary N) is 1. The first-order valence-corrected chi connectivity index (χ1v) is 5.52. The van der Waals surface area contributed by atoms with E-state index in [0.717, 1.165) is 0 Å². The van der Waals surface area contributed by atoms with E-state index in [-0.39, 0.29) is 11.8 Å². The topological polar surface area (TPSA) is 71.3 Å². The van der Waals surface area contributed by atoms with Crippen molar-refractivity contribution in [2.45, 2.75) is 6.92 Å². The minimum Gasteiger partial charge on any atom is -0.493 e. The predicted molar refractivity (Wildman–Crippen MR) is 66.7 cm³/mol. The second-order valence-corrected chi connectivity index (χ2v) is 3.78. The molecule has 18 heavy (non-hydrogen) atoms. The number of nitriles is 1. The molecule has 5 nitrogen and oxygen atoms in total. The summed E-state index contributed by atoms with van der Waals surface area (Å²) in [5.41, 5.74) is 0.391. The zero-order chi connectivity index (χ0) is 13.5. The number of hydrogen-bond acceptors (Lipinski definition) is 4. The highest BCUT2D eigenvalue weighted by Crippen LogP contribution is 2.30. The normalized spacial score (nSPS) is 11.2. The maximum absolute atomic E-state index is 12.0. The number of carbonyl (C=O) groups is 1. The zero-order valence-corrected chi connectivity index (χ0v) is 10.7. The largest absolute Gasteiger partial charge is 0.493 e. The van der Waals surface area contributed by atoms with Crippen molar-refractivity contribution in [3.05, 3.63) is 23.8 Å². The van der Waals surface area contributed by atoms with Crippen LogP contribution in [0.2, 0.25) is 0 Å². The van der Waals surface area contributed by atoms with Crippen molar-refractivity contribution in [3.63, 3.8) is 0 Å². The molecule has 1 N–H and O–H groups in total. The van der Waals surface area contributed by atoms with Crippen LogP contribution in [-0.2, 0) is 0 Å². The molecule has 0 saturated carbocycles. The first kappa shape index (κ1) is 13.8. The Labute approximate surface area is 106 Å². The summed E-state index contributed by atoms with van der Waals surface area (Å²) in [6.45, 7) is 2.04. The molecule has 0 spiro atoms. The third kappa shape index (κ3) is 3.14. The number of carbonyl (C=O) groups excluding carboxylic acids is 1. The summed E-state index contributed by atoms with van der Waals surface area (Å²) in [7, 11) is 2.99. The van der Waals surface area contributed by atoms with E-state index in [2.05, 4.69) is 11.4 Å². The number of hydrogen-bond donors (Lipinski definition) is 1. The lowest BCUT2D eigenvalue weighted by Gasteiger charge is -2.12. The zero-order valence-electron chi connectivity index (χ0n) is 10.7. The summed E-state index contributed by atoms with van der Waals surface area (Å²) in [6.07, 6.45) is 0. The Morgan fingerprint density at radius 1 is 1.44 bits per heavy atom. The number of nitrogens with zero attached hydrogens (tertiary/aromatic N) is 1. The van der Waals surface area contributed by atoms with Gasteiger partial charge in [0.05, 0.1) is 31.8 Å². The molecule has 0 saturated heterocycles. The number of ether oxygens (including phenoxy) is 2. The van der Waals surface area contributed by atoms with Crippen LogP contribution in [0.25, 0.3) is 0 Å². The van der Waals surface area contributed by atoms with E-state index in [1.54, 1.807) is 25.1 Å². The molecule has 0 aliphatic carbocycles. The van der Waals surface area contributed by atoms with Crippen LogP contribution in [0.5, 0.6) is 11.5 Å². The number of rotatable bonds is 5. The van der Waals surface area contributed by atoms with Crippen molar-refractivity contribution in [3.8, 4) is 17.6 Å². The van der Waals surface area contributed by atoms with Crippen molar-refractivity contribution >= 4 is 5.91 Å². The first-order valence-electron chi connectivity index (χ1n) is 5.52. The molecule has 1 unspecified atom stereocenters. The van der Waals surface area contributed by atoms with E-state index in [9.17, 15) is 4.79 Å². The molecule has 1 atom stereocenters. The van der Waals surface area contributed by atoms with Gasteiger partial charge >= 0.3 is 0 Å². The molecule has 0 aliphatic rings. The maximum atomic E-state index is 12.0. The second-order valence-electron chi connectivity index (χ2n) is 3.78. The maximum Gasteiger partial charge on any atom is 0.255 e. The number of amides is 1. The van der Waals surface area contributed by atoms with Gasteiger partial charge in [-0.25, -0.2) is 0 Å². The molecule has 0 aromatic heterocycles. The molecule has 5 heteroatoms. The fourth-order valence-electron chi connectivity index (χ4n) is 1.45. The van der Waals surface area contributed by atoms with E-state index in [0.29, 0.717) is 23.6 Å². The first-order chi connectivity index (χ1) is 8.63. The Morgan fingerprint density at radius 3 is 2.72 bits per heavy atom. The van der Waals surface area contributed by atoms with Gasteiger partial charge in [-0.15, -0.1) is 0 Å². The molecule has 0 aliphatic heterocycles. The van der Waals surface area contributed by atoms with Gasteiger partial charge in [0, 0.05) is 6.54 Å². The highest BCUT2D eigenvalue weighted by molar-refractivity contribution is 5.97. The standard InChI is InChI=1S/C13H16N2O3/c1-9(7-14)8-15-13(16)10-5-4-6-11(17-2)12(10)18-3/h4-6,9H,8H2,1-3H3,(H,15,16). The number of methoxy groups -OCH3 is 2. The number of benzene rings is 1. The molecule has 0 fully saturated rings. The highest BCUT2D eigenvalue weighted by atomic mass is 16.5. The molecule has 1 aromatic carbocycles. The van der Waals surface area contributed by atoms with Crippen LogP contribution in [-0.4, -0.2) is 26.7 Å². The van der Waals surface area contributed by atoms with E-state index in [1.165, 1.54) is 14.2 Å². The minimum absolute atomic E-state index is 0.231. The van der Waals surface area contributed by atoms with Crippen molar-refractivity contribution in [1.29, 1.82) is 5.26 Å². The molecular formula is C13H16N2O3. The van der Waals surface area contributed by atoms with Gasteiger partial charge in [0.1, 0.15) is 0 Å². The van der Waals surface area contributed by atoms with Crippen molar-refractivity contribution in [1.82, 2.24) is 5.32 Å². The quantitative estimate of drug-likeness (QED) is 0.859. The van der Waals surface area contributed by atoms with E-state index >= 15 is 0 Å². The SMILES string of the molecule is COc1cccc(C(=O)NCC(C)C#N)c1OC. The lowest BCUT2D eigenvalue weighted by atomic mass is 10.1. The summed E-state index contributed by atoms with van der Waals surface area (Å²) < 4.78 is 10.3. The molecule has 1 aromatic rings. The van der Waals surface area contributed by atoms with E-state index < -0.39 is 0 Å². The second kappa shape index (κ2) is 6.50. The average Bonchev–Trinajstić information content (AvgIpc) is 2.42. The third-order valence-corrected chi connectivity index (χ3v) is 2.44. The van der Waals surface area contributed by atoms with Gasteiger partial charge in [-0.3, -0.25) is 4.79 Å². The summed E-state index contributed by atoms with van der Waals surface area (Å²) in [5, 5.41) is 11.3. The highest BCUT2D eigenvalue weighted by Gasteiger charge is 2.16. The van der Waals surface area contributed by atoms with E-state index in [4.69, 9.17) is 14.7 Å². The monoisotopic (exact) mass is 248 g/mol. The van der Waals surface area contributed by atoms with Gasteiger partial charge in [-0.2, -0.15) is 5.26 Å². The van der Waals surface area contributed by atoms with Crippen LogP contribution >= 0.6 is 0 Å². The number of para-hydroxylation sites is 1. The molecule has 0 heterocycles.